The number of carbonyl (C=O) groups is 2. The first-order valence-corrected chi connectivity index (χ1v) is 23.4. The molecular formula is C43H85NO8P+. The van der Waals surface area contributed by atoms with Gasteiger partial charge in [0.2, 0.25) is 0 Å². The number of allylic oxidation sites excluding steroid dienone is 2. The number of esters is 2. The quantitative estimate of drug-likeness (QED) is 0.0215. The van der Waals surface area contributed by atoms with Gasteiger partial charge in [0, 0.05) is 12.8 Å². The topological polar surface area (TPSA) is 108 Å². The summed E-state index contributed by atoms with van der Waals surface area (Å²) >= 11 is 0. The molecule has 0 aromatic carbocycles. The second kappa shape index (κ2) is 36.4. The van der Waals surface area contributed by atoms with E-state index < -0.39 is 26.5 Å². The highest BCUT2D eigenvalue weighted by molar-refractivity contribution is 7.47. The number of nitrogens with zero attached hydrogens (tertiary/aromatic N) is 1. The van der Waals surface area contributed by atoms with E-state index in [1.165, 1.54) is 116 Å². The Morgan fingerprint density at radius 2 is 0.962 bits per heavy atom. The fourth-order valence-electron chi connectivity index (χ4n) is 6.07. The molecule has 0 radical (unpaired) electrons. The molecule has 0 heterocycles. The molecule has 0 aliphatic carbocycles. The number of carbonyl (C=O) groups excluding carboxylic acids is 2. The van der Waals surface area contributed by atoms with E-state index in [1.54, 1.807) is 0 Å². The zero-order valence-corrected chi connectivity index (χ0v) is 36.2. The molecular weight excluding hydrogens is 689 g/mol. The maximum Gasteiger partial charge on any atom is 0.472 e. The summed E-state index contributed by atoms with van der Waals surface area (Å²) < 4.78 is 34.3. The Bertz CT molecular complexity index is 922. The Hall–Kier alpha value is -1.25. The maximum absolute atomic E-state index is 12.7. The van der Waals surface area contributed by atoms with E-state index in [9.17, 15) is 19.0 Å². The van der Waals surface area contributed by atoms with Crippen LogP contribution in [0.2, 0.25) is 0 Å². The van der Waals surface area contributed by atoms with E-state index in [4.69, 9.17) is 18.5 Å². The lowest BCUT2D eigenvalue weighted by Crippen LogP contribution is -2.37. The fraction of sp³-hybridized carbons (Fsp3) is 0.907. The normalized spacial score (nSPS) is 13.7. The molecule has 0 aliphatic heterocycles. The van der Waals surface area contributed by atoms with Gasteiger partial charge in [0.1, 0.15) is 19.8 Å². The number of hydrogen-bond donors (Lipinski definition) is 1. The van der Waals surface area contributed by atoms with Crippen molar-refractivity contribution in [3.8, 4) is 0 Å². The average molecular weight is 775 g/mol. The van der Waals surface area contributed by atoms with Crippen molar-refractivity contribution >= 4 is 19.8 Å². The van der Waals surface area contributed by atoms with E-state index in [1.807, 2.05) is 21.1 Å². The molecule has 10 heteroatoms. The van der Waals surface area contributed by atoms with Gasteiger partial charge in [-0.25, -0.2) is 4.57 Å². The van der Waals surface area contributed by atoms with Crippen LogP contribution >= 0.6 is 7.82 Å². The number of hydrogen-bond acceptors (Lipinski definition) is 7. The van der Waals surface area contributed by atoms with Gasteiger partial charge < -0.3 is 18.9 Å². The van der Waals surface area contributed by atoms with Gasteiger partial charge >= 0.3 is 19.8 Å². The molecule has 0 fully saturated rings. The Kier molecular flexibility index (Phi) is 35.5. The zero-order chi connectivity index (χ0) is 39.3. The number of likely N-dealkylation sites (N-methyl/N-ethyl adjacent to an activating group) is 1. The summed E-state index contributed by atoms with van der Waals surface area (Å²) in [4.78, 5) is 35.3. The molecule has 0 aromatic rings. The highest BCUT2D eigenvalue weighted by Gasteiger charge is 2.27. The average Bonchev–Trinajstić information content (AvgIpc) is 3.10. The number of unbranched alkanes of at least 4 members (excludes halogenated alkanes) is 24. The lowest BCUT2D eigenvalue weighted by Gasteiger charge is -2.24. The predicted molar refractivity (Wildman–Crippen MR) is 220 cm³/mol. The molecule has 9 nitrogen and oxygen atoms in total. The van der Waals surface area contributed by atoms with E-state index >= 15 is 0 Å². The molecule has 0 aromatic heterocycles. The highest BCUT2D eigenvalue weighted by Crippen LogP contribution is 2.43. The van der Waals surface area contributed by atoms with Crippen LogP contribution in [0.1, 0.15) is 200 Å². The van der Waals surface area contributed by atoms with E-state index in [2.05, 4.69) is 26.0 Å². The smallest absolute Gasteiger partial charge is 0.462 e. The monoisotopic (exact) mass is 775 g/mol. The van der Waals surface area contributed by atoms with Crippen molar-refractivity contribution in [2.45, 2.75) is 206 Å². The molecule has 314 valence electrons. The van der Waals surface area contributed by atoms with Crippen molar-refractivity contribution in [3.05, 3.63) is 12.2 Å². The molecule has 53 heavy (non-hydrogen) atoms. The summed E-state index contributed by atoms with van der Waals surface area (Å²) in [5.74, 6) is -0.800. The molecule has 2 atom stereocenters. The molecule has 0 aliphatic rings. The predicted octanol–water partition coefficient (Wildman–Crippen LogP) is 12.2. The minimum atomic E-state index is -4.37. The van der Waals surface area contributed by atoms with Crippen molar-refractivity contribution in [1.82, 2.24) is 0 Å². The van der Waals surface area contributed by atoms with Gasteiger partial charge in [0.05, 0.1) is 27.7 Å². The van der Waals surface area contributed by atoms with E-state index in [0.717, 1.165) is 51.4 Å². The summed E-state index contributed by atoms with van der Waals surface area (Å²) in [6.45, 7) is 4.42. The second-order valence-corrected chi connectivity index (χ2v) is 17.5. The Labute approximate surface area is 326 Å². The van der Waals surface area contributed by atoms with Gasteiger partial charge in [0.25, 0.3) is 0 Å². The van der Waals surface area contributed by atoms with Crippen molar-refractivity contribution in [1.29, 1.82) is 0 Å². The molecule has 0 rings (SSSR count). The van der Waals surface area contributed by atoms with Gasteiger partial charge in [-0.05, 0) is 38.5 Å². The van der Waals surface area contributed by atoms with Crippen LogP contribution in [0.15, 0.2) is 12.2 Å². The van der Waals surface area contributed by atoms with Crippen molar-refractivity contribution in [3.63, 3.8) is 0 Å². The van der Waals surface area contributed by atoms with Gasteiger partial charge in [-0.15, -0.1) is 0 Å². The summed E-state index contributed by atoms with van der Waals surface area (Å²) in [7, 11) is 1.48. The molecule has 1 N–H and O–H groups in total. The summed E-state index contributed by atoms with van der Waals surface area (Å²) in [5, 5.41) is 0. The first kappa shape index (κ1) is 51.8. The Balaban J connectivity index is 4.34. The SMILES string of the molecule is CCCCCC/C=C/CCCCCCCC(=O)OC[C@H](COP(=O)(O)OCC[N+](C)(C)C)OC(=O)CCCCCCCCCCCCCCCCCC. The Morgan fingerprint density at radius 3 is 1.42 bits per heavy atom. The Morgan fingerprint density at radius 1 is 0.566 bits per heavy atom. The van der Waals surface area contributed by atoms with Gasteiger partial charge in [-0.2, -0.15) is 0 Å². The van der Waals surface area contributed by atoms with Crippen molar-refractivity contribution in [2.24, 2.45) is 0 Å². The minimum Gasteiger partial charge on any atom is -0.462 e. The number of phosphoric ester groups is 1. The lowest BCUT2D eigenvalue weighted by molar-refractivity contribution is -0.870. The van der Waals surface area contributed by atoms with Gasteiger partial charge in [0.15, 0.2) is 6.10 Å². The number of quaternary nitrogens is 1. The van der Waals surface area contributed by atoms with Crippen molar-refractivity contribution < 1.29 is 42.1 Å². The number of ether oxygens (including phenoxy) is 2. The fourth-order valence-corrected chi connectivity index (χ4v) is 6.81. The molecule has 0 amide bonds. The van der Waals surface area contributed by atoms with Crippen LogP contribution in [0.4, 0.5) is 0 Å². The molecule has 0 bridgehead atoms. The summed E-state index contributed by atoms with van der Waals surface area (Å²) in [6, 6.07) is 0. The minimum absolute atomic E-state index is 0.0335. The third-order valence-electron chi connectivity index (χ3n) is 9.55. The largest absolute Gasteiger partial charge is 0.472 e. The lowest BCUT2D eigenvalue weighted by atomic mass is 10.0. The van der Waals surface area contributed by atoms with E-state index in [0.29, 0.717) is 17.4 Å². The maximum atomic E-state index is 12.7. The van der Waals surface area contributed by atoms with Crippen LogP contribution in [-0.4, -0.2) is 74.9 Å². The first-order chi connectivity index (χ1) is 25.5. The van der Waals surface area contributed by atoms with Crippen LogP contribution in [0.5, 0.6) is 0 Å². The standard InChI is InChI=1S/C43H84NO8P/c1-6-8-10-12-14-16-18-20-21-22-24-26-28-30-32-34-36-43(46)52-41(40-51-53(47,48)50-38-37-44(3,4)5)39-49-42(45)35-33-31-29-27-25-23-19-17-15-13-11-9-7-2/h17,19,41H,6-16,18,20-40H2,1-5H3/p+1/b19-17+/t41-/m1/s1. The van der Waals surface area contributed by atoms with Crippen LogP contribution in [0.3, 0.4) is 0 Å². The number of rotatable bonds is 40. The molecule has 1 unspecified atom stereocenters. The second-order valence-electron chi connectivity index (χ2n) is 16.1. The van der Waals surface area contributed by atoms with Crippen LogP contribution in [-0.2, 0) is 32.7 Å². The third kappa shape index (κ3) is 40.2. The number of phosphoric acid groups is 1. The molecule has 0 spiro atoms. The van der Waals surface area contributed by atoms with Crippen molar-refractivity contribution in [2.75, 3.05) is 47.5 Å². The summed E-state index contributed by atoms with van der Waals surface area (Å²) in [6.07, 6.45) is 36.8. The summed E-state index contributed by atoms with van der Waals surface area (Å²) in [5.41, 5.74) is 0. The van der Waals surface area contributed by atoms with Gasteiger partial charge in [-0.1, -0.05) is 161 Å². The van der Waals surface area contributed by atoms with E-state index in [-0.39, 0.29) is 32.0 Å². The third-order valence-corrected chi connectivity index (χ3v) is 10.5. The molecule has 0 saturated heterocycles. The van der Waals surface area contributed by atoms with Crippen LogP contribution < -0.4 is 0 Å². The van der Waals surface area contributed by atoms with Gasteiger partial charge in [-0.3, -0.25) is 18.6 Å². The zero-order valence-electron chi connectivity index (χ0n) is 35.3. The highest BCUT2D eigenvalue weighted by atomic mass is 31.2. The van der Waals surface area contributed by atoms with Crippen LogP contribution in [0.25, 0.3) is 0 Å². The first-order valence-electron chi connectivity index (χ1n) is 21.9. The van der Waals surface area contributed by atoms with Crippen LogP contribution in [0, 0.1) is 0 Å². The molecule has 0 saturated carbocycles.